The van der Waals surface area contributed by atoms with Crippen molar-refractivity contribution in [3.8, 4) is 0 Å². The van der Waals surface area contributed by atoms with Crippen LogP contribution in [-0.2, 0) is 12.7 Å². The molecular weight excluding hydrogens is 333 g/mol. The second kappa shape index (κ2) is 6.02. The first kappa shape index (κ1) is 16.1. The fourth-order valence-corrected chi connectivity index (χ4v) is 2.09. The summed E-state index contributed by atoms with van der Waals surface area (Å²) in [6.45, 7) is 0.162. The van der Waals surface area contributed by atoms with Crippen LogP contribution in [0, 0.1) is 0 Å². The molecule has 0 aliphatic rings. The summed E-state index contributed by atoms with van der Waals surface area (Å²) >= 11 is 0. The van der Waals surface area contributed by atoms with Crippen LogP contribution in [0.4, 0.5) is 27.8 Å². The highest BCUT2D eigenvalue weighted by molar-refractivity contribution is 5.77. The van der Waals surface area contributed by atoms with Gasteiger partial charge in [0, 0.05) is 24.2 Å². The fourth-order valence-electron chi connectivity index (χ4n) is 2.09. The van der Waals surface area contributed by atoms with Gasteiger partial charge in [-0.15, -0.1) is 0 Å². The first-order chi connectivity index (χ1) is 11.3. The van der Waals surface area contributed by atoms with Crippen molar-refractivity contribution < 1.29 is 22.0 Å². The first-order valence-electron chi connectivity index (χ1n) is 6.72. The zero-order valence-corrected chi connectivity index (χ0v) is 11.9. The quantitative estimate of drug-likeness (QED) is 0.705. The molecule has 0 atom stereocenters. The van der Waals surface area contributed by atoms with E-state index in [1.54, 1.807) is 0 Å². The maximum atomic E-state index is 12.7. The van der Waals surface area contributed by atoms with E-state index >= 15 is 0 Å². The van der Waals surface area contributed by atoms with Crippen LogP contribution in [0.25, 0.3) is 11.0 Å². The normalized spacial score (nSPS) is 12.1. The van der Waals surface area contributed by atoms with Gasteiger partial charge in [-0.3, -0.25) is 0 Å². The zero-order valence-electron chi connectivity index (χ0n) is 11.9. The van der Waals surface area contributed by atoms with E-state index in [4.69, 9.17) is 0 Å². The lowest BCUT2D eigenvalue weighted by molar-refractivity contribution is -0.140. The zero-order chi connectivity index (χ0) is 17.3. The SMILES string of the molecule is FC(F)c1cc(NCc2cnc3[nH]c(C(F)(F)F)cc3c2)ncn1. The highest BCUT2D eigenvalue weighted by atomic mass is 19.4. The van der Waals surface area contributed by atoms with Crippen molar-refractivity contribution in [3.63, 3.8) is 0 Å². The Morgan fingerprint density at radius 1 is 1.08 bits per heavy atom. The average Bonchev–Trinajstić information content (AvgIpc) is 2.96. The molecule has 5 nitrogen and oxygen atoms in total. The van der Waals surface area contributed by atoms with Gasteiger partial charge in [0.05, 0.1) is 0 Å². The van der Waals surface area contributed by atoms with Crippen LogP contribution in [0.3, 0.4) is 0 Å². The summed E-state index contributed by atoms with van der Waals surface area (Å²) in [4.78, 5) is 13.4. The smallest absolute Gasteiger partial charge is 0.366 e. The topological polar surface area (TPSA) is 66.5 Å². The van der Waals surface area contributed by atoms with E-state index < -0.39 is 24.0 Å². The van der Waals surface area contributed by atoms with Gasteiger partial charge in [-0.05, 0) is 17.7 Å². The standard InChI is InChI=1S/C14H10F5N5/c15-12(16)9-3-11(23-6-22-9)20-4-7-1-8-2-10(14(17,18)19)24-13(8)21-5-7/h1-3,5-6,12H,4H2,(H,21,24)(H,20,22,23). The first-order valence-corrected chi connectivity index (χ1v) is 6.72. The number of H-pyrrole nitrogens is 1. The Hall–Kier alpha value is -2.78. The predicted molar refractivity (Wildman–Crippen MR) is 75.4 cm³/mol. The monoisotopic (exact) mass is 343 g/mol. The lowest BCUT2D eigenvalue weighted by Crippen LogP contribution is -2.04. The summed E-state index contributed by atoms with van der Waals surface area (Å²) in [5.41, 5.74) is -0.602. The summed E-state index contributed by atoms with van der Waals surface area (Å²) in [6, 6.07) is 3.59. The van der Waals surface area contributed by atoms with Crippen molar-refractivity contribution in [2.24, 2.45) is 0 Å². The highest BCUT2D eigenvalue weighted by Crippen LogP contribution is 2.30. The number of hydrogen-bond donors (Lipinski definition) is 2. The van der Waals surface area contributed by atoms with E-state index in [9.17, 15) is 22.0 Å². The second-order valence-corrected chi connectivity index (χ2v) is 4.94. The Morgan fingerprint density at radius 2 is 1.88 bits per heavy atom. The van der Waals surface area contributed by atoms with E-state index in [-0.39, 0.29) is 18.0 Å². The van der Waals surface area contributed by atoms with Gasteiger partial charge >= 0.3 is 6.18 Å². The van der Waals surface area contributed by atoms with Crippen LogP contribution in [0.2, 0.25) is 0 Å². The molecule has 3 heterocycles. The maximum absolute atomic E-state index is 12.7. The molecule has 3 aromatic heterocycles. The van der Waals surface area contributed by atoms with Crippen molar-refractivity contribution in [1.82, 2.24) is 19.9 Å². The van der Waals surface area contributed by atoms with Gasteiger partial charge in [0.25, 0.3) is 6.43 Å². The number of anilines is 1. The van der Waals surface area contributed by atoms with Crippen LogP contribution >= 0.6 is 0 Å². The average molecular weight is 343 g/mol. The molecule has 0 saturated carbocycles. The number of rotatable bonds is 4. The summed E-state index contributed by atoms with van der Waals surface area (Å²) in [6.07, 6.45) is -4.80. The molecule has 0 aliphatic heterocycles. The molecule has 2 N–H and O–H groups in total. The number of aromatic nitrogens is 4. The van der Waals surface area contributed by atoms with Gasteiger partial charge < -0.3 is 10.3 Å². The molecule has 126 valence electrons. The molecule has 0 saturated heterocycles. The molecule has 0 amide bonds. The number of hydrogen-bond acceptors (Lipinski definition) is 4. The van der Waals surface area contributed by atoms with E-state index in [0.29, 0.717) is 10.9 Å². The van der Waals surface area contributed by atoms with Crippen molar-refractivity contribution in [2.45, 2.75) is 19.1 Å². The Kier molecular flexibility index (Phi) is 4.04. The highest BCUT2D eigenvalue weighted by Gasteiger charge is 2.32. The minimum atomic E-state index is -4.48. The van der Waals surface area contributed by atoms with Gasteiger partial charge in [0.1, 0.15) is 29.2 Å². The molecule has 3 aromatic rings. The van der Waals surface area contributed by atoms with Crippen LogP contribution in [0.15, 0.2) is 30.7 Å². The molecule has 3 rings (SSSR count). The molecule has 0 spiro atoms. The third kappa shape index (κ3) is 3.42. The number of nitrogens with one attached hydrogen (secondary N) is 2. The van der Waals surface area contributed by atoms with Crippen LogP contribution in [0.1, 0.15) is 23.4 Å². The fraction of sp³-hybridized carbons (Fsp3) is 0.214. The molecule has 0 bridgehead atoms. The van der Waals surface area contributed by atoms with Gasteiger partial charge in [-0.2, -0.15) is 13.2 Å². The third-order valence-corrected chi connectivity index (χ3v) is 3.22. The number of alkyl halides is 5. The number of aromatic amines is 1. The Bertz CT molecular complexity index is 858. The second-order valence-electron chi connectivity index (χ2n) is 4.94. The van der Waals surface area contributed by atoms with Gasteiger partial charge in [0.15, 0.2) is 0 Å². The molecular formula is C14H10F5N5. The Morgan fingerprint density at radius 3 is 2.58 bits per heavy atom. The molecule has 0 radical (unpaired) electrons. The van der Waals surface area contributed by atoms with Crippen molar-refractivity contribution in [2.75, 3.05) is 5.32 Å². The van der Waals surface area contributed by atoms with Gasteiger partial charge in [-0.25, -0.2) is 23.7 Å². The molecule has 0 unspecified atom stereocenters. The largest absolute Gasteiger partial charge is 0.431 e. The molecule has 0 aliphatic carbocycles. The molecule has 0 fully saturated rings. The van der Waals surface area contributed by atoms with Crippen LogP contribution in [0.5, 0.6) is 0 Å². The molecule has 10 heteroatoms. The van der Waals surface area contributed by atoms with E-state index in [2.05, 4.69) is 25.3 Å². The van der Waals surface area contributed by atoms with Gasteiger partial charge in [-0.1, -0.05) is 0 Å². The van der Waals surface area contributed by atoms with Crippen molar-refractivity contribution in [1.29, 1.82) is 0 Å². The lowest BCUT2D eigenvalue weighted by Gasteiger charge is -2.06. The van der Waals surface area contributed by atoms with E-state index in [1.807, 2.05) is 0 Å². The van der Waals surface area contributed by atoms with Crippen LogP contribution in [-0.4, -0.2) is 19.9 Å². The van der Waals surface area contributed by atoms with Crippen LogP contribution < -0.4 is 5.32 Å². The van der Waals surface area contributed by atoms with Crippen molar-refractivity contribution >= 4 is 16.9 Å². The summed E-state index contributed by atoms with van der Waals surface area (Å²) in [5, 5.41) is 3.10. The molecule has 0 aromatic carbocycles. The Balaban J connectivity index is 1.77. The minimum Gasteiger partial charge on any atom is -0.366 e. The number of halogens is 5. The number of nitrogens with zero attached hydrogens (tertiary/aromatic N) is 3. The Labute approximate surface area is 132 Å². The third-order valence-electron chi connectivity index (χ3n) is 3.22. The van der Waals surface area contributed by atoms with E-state index in [1.165, 1.54) is 12.3 Å². The van der Waals surface area contributed by atoms with Crippen molar-refractivity contribution in [3.05, 3.63) is 47.7 Å². The maximum Gasteiger partial charge on any atom is 0.431 e. The molecule has 24 heavy (non-hydrogen) atoms. The predicted octanol–water partition coefficient (Wildman–Crippen LogP) is 3.92. The lowest BCUT2D eigenvalue weighted by atomic mass is 10.2. The number of fused-ring (bicyclic) bond motifs is 1. The summed E-state index contributed by atoms with van der Waals surface area (Å²) < 4.78 is 63.1. The minimum absolute atomic E-state index is 0.119. The van der Waals surface area contributed by atoms with Gasteiger partial charge in [0.2, 0.25) is 0 Å². The number of pyridine rings is 1. The van der Waals surface area contributed by atoms with E-state index in [0.717, 1.165) is 18.5 Å². The summed E-state index contributed by atoms with van der Waals surface area (Å²) in [7, 11) is 0. The summed E-state index contributed by atoms with van der Waals surface area (Å²) in [5.74, 6) is 0.186.